The van der Waals surface area contributed by atoms with Gasteiger partial charge in [0.05, 0.1) is 18.2 Å². The minimum atomic E-state index is -4.49. The second-order valence-corrected chi connectivity index (χ2v) is 5.52. The number of aliphatic hydroxyl groups is 1. The summed E-state index contributed by atoms with van der Waals surface area (Å²) in [7, 11) is 0. The van der Waals surface area contributed by atoms with Crippen LogP contribution in [0, 0.1) is 0 Å². The van der Waals surface area contributed by atoms with Gasteiger partial charge in [-0.05, 0) is 17.7 Å². The van der Waals surface area contributed by atoms with Crippen LogP contribution in [-0.2, 0) is 6.18 Å². The molecule has 0 saturated heterocycles. The number of aromatic nitrogens is 3. The number of hydrogen-bond acceptors (Lipinski definition) is 5. The fourth-order valence-corrected chi connectivity index (χ4v) is 2.39. The molecule has 0 amide bonds. The van der Waals surface area contributed by atoms with Crippen molar-refractivity contribution in [3.8, 4) is 11.4 Å². The molecule has 0 unspecified atom stereocenters. The van der Waals surface area contributed by atoms with Crippen LogP contribution in [-0.4, -0.2) is 26.7 Å². The first-order valence-corrected chi connectivity index (χ1v) is 7.75. The predicted molar refractivity (Wildman–Crippen MR) is 90.2 cm³/mol. The number of alkyl halides is 3. The average Bonchev–Trinajstić information content (AvgIpc) is 2.66. The van der Waals surface area contributed by atoms with Gasteiger partial charge in [-0.2, -0.15) is 13.2 Å². The lowest BCUT2D eigenvalue weighted by molar-refractivity contribution is -0.137. The molecule has 1 atom stereocenters. The van der Waals surface area contributed by atoms with Gasteiger partial charge in [0.15, 0.2) is 5.82 Å². The lowest BCUT2D eigenvalue weighted by Crippen LogP contribution is -2.15. The summed E-state index contributed by atoms with van der Waals surface area (Å²) in [5.41, 5.74) is 0.147. The topological polar surface area (TPSA) is 70.9 Å². The Morgan fingerprint density at radius 3 is 2.54 bits per heavy atom. The van der Waals surface area contributed by atoms with E-state index in [1.54, 1.807) is 6.07 Å². The smallest absolute Gasteiger partial charge is 0.394 e. The molecule has 3 aromatic rings. The lowest BCUT2D eigenvalue weighted by atomic mass is 10.1. The summed E-state index contributed by atoms with van der Waals surface area (Å²) < 4.78 is 38.5. The first-order chi connectivity index (χ1) is 12.5. The zero-order valence-electron chi connectivity index (χ0n) is 13.5. The molecule has 8 heteroatoms. The highest BCUT2D eigenvalue weighted by Crippen LogP contribution is 2.30. The van der Waals surface area contributed by atoms with E-state index < -0.39 is 17.8 Å². The number of aliphatic hydroxyl groups excluding tert-OH is 1. The predicted octanol–water partition coefficient (Wildman–Crippen LogP) is 3.70. The SMILES string of the molecule is OC[C@H](Nc1ccnc(-c2cncc(C(F)(F)F)c2)n1)c1ccccc1. The van der Waals surface area contributed by atoms with Gasteiger partial charge in [-0.1, -0.05) is 30.3 Å². The van der Waals surface area contributed by atoms with Crippen LogP contribution in [0.25, 0.3) is 11.4 Å². The van der Waals surface area contributed by atoms with E-state index in [1.807, 2.05) is 30.3 Å². The average molecular weight is 360 g/mol. The molecule has 0 aliphatic carbocycles. The second-order valence-electron chi connectivity index (χ2n) is 5.52. The Morgan fingerprint density at radius 2 is 1.85 bits per heavy atom. The van der Waals surface area contributed by atoms with E-state index in [4.69, 9.17) is 0 Å². The number of nitrogens with one attached hydrogen (secondary N) is 1. The van der Waals surface area contributed by atoms with Crippen LogP contribution in [0.3, 0.4) is 0 Å². The third-order valence-electron chi connectivity index (χ3n) is 3.69. The van der Waals surface area contributed by atoms with Crippen molar-refractivity contribution in [1.29, 1.82) is 0 Å². The van der Waals surface area contributed by atoms with Crippen LogP contribution in [0.1, 0.15) is 17.2 Å². The van der Waals surface area contributed by atoms with Crippen molar-refractivity contribution in [3.63, 3.8) is 0 Å². The highest BCUT2D eigenvalue weighted by Gasteiger charge is 2.31. The number of rotatable bonds is 5. The first kappa shape index (κ1) is 17.8. The number of pyridine rings is 1. The summed E-state index contributed by atoms with van der Waals surface area (Å²) in [5, 5.41) is 12.7. The van der Waals surface area contributed by atoms with Gasteiger partial charge in [-0.3, -0.25) is 4.98 Å². The summed E-state index contributed by atoms with van der Waals surface area (Å²) >= 11 is 0. The quantitative estimate of drug-likeness (QED) is 0.726. The largest absolute Gasteiger partial charge is 0.417 e. The zero-order valence-corrected chi connectivity index (χ0v) is 13.5. The van der Waals surface area contributed by atoms with E-state index in [9.17, 15) is 18.3 Å². The summed E-state index contributed by atoms with van der Waals surface area (Å²) in [5.74, 6) is 0.494. The molecule has 0 aliphatic rings. The summed E-state index contributed by atoms with van der Waals surface area (Å²) in [6.07, 6.45) is -1.03. The molecule has 2 heterocycles. The first-order valence-electron chi connectivity index (χ1n) is 7.75. The van der Waals surface area contributed by atoms with Gasteiger partial charge in [-0.25, -0.2) is 9.97 Å². The molecule has 0 saturated carbocycles. The molecular formula is C18H15F3N4O. The zero-order chi connectivity index (χ0) is 18.6. The van der Waals surface area contributed by atoms with E-state index in [0.717, 1.165) is 17.8 Å². The monoisotopic (exact) mass is 360 g/mol. The normalized spacial score (nSPS) is 12.6. The number of anilines is 1. The standard InChI is InChI=1S/C18H15F3N4O/c19-18(20,21)14-8-13(9-22-10-14)17-23-7-6-16(25-17)24-15(11-26)12-4-2-1-3-5-12/h1-10,15,26H,11H2,(H,23,24,25)/t15-/m0/s1. The molecule has 26 heavy (non-hydrogen) atoms. The Bertz CT molecular complexity index is 872. The maximum absolute atomic E-state index is 12.8. The minimum absolute atomic E-state index is 0.110. The molecule has 0 fully saturated rings. The maximum atomic E-state index is 12.8. The van der Waals surface area contributed by atoms with Crippen molar-refractivity contribution < 1.29 is 18.3 Å². The van der Waals surface area contributed by atoms with Gasteiger partial charge in [-0.15, -0.1) is 0 Å². The Morgan fingerprint density at radius 1 is 1.08 bits per heavy atom. The summed E-state index contributed by atoms with van der Waals surface area (Å²) in [6.45, 7) is -0.172. The Labute approximate surface area is 147 Å². The molecule has 0 bridgehead atoms. The van der Waals surface area contributed by atoms with Gasteiger partial charge in [0.2, 0.25) is 0 Å². The third-order valence-corrected chi connectivity index (χ3v) is 3.69. The van der Waals surface area contributed by atoms with Crippen molar-refractivity contribution in [2.75, 3.05) is 11.9 Å². The van der Waals surface area contributed by atoms with Crippen LogP contribution in [0.5, 0.6) is 0 Å². The number of hydrogen-bond donors (Lipinski definition) is 2. The van der Waals surface area contributed by atoms with Crippen LogP contribution in [0.15, 0.2) is 61.1 Å². The third kappa shape index (κ3) is 4.15. The van der Waals surface area contributed by atoms with Crippen molar-refractivity contribution in [3.05, 3.63) is 72.2 Å². The van der Waals surface area contributed by atoms with Gasteiger partial charge in [0, 0.05) is 24.2 Å². The van der Waals surface area contributed by atoms with Gasteiger partial charge in [0.25, 0.3) is 0 Å². The molecule has 0 aliphatic heterocycles. The minimum Gasteiger partial charge on any atom is -0.394 e. The van der Waals surface area contributed by atoms with E-state index in [2.05, 4.69) is 20.3 Å². The van der Waals surface area contributed by atoms with Crippen LogP contribution >= 0.6 is 0 Å². The fourth-order valence-electron chi connectivity index (χ4n) is 2.39. The molecule has 0 spiro atoms. The molecule has 5 nitrogen and oxygen atoms in total. The lowest BCUT2D eigenvalue weighted by Gasteiger charge is -2.17. The van der Waals surface area contributed by atoms with E-state index in [1.165, 1.54) is 12.4 Å². The Balaban J connectivity index is 1.87. The highest BCUT2D eigenvalue weighted by atomic mass is 19.4. The van der Waals surface area contributed by atoms with Gasteiger partial charge >= 0.3 is 6.18 Å². The summed E-state index contributed by atoms with van der Waals surface area (Å²) in [6, 6.07) is 11.4. The number of benzene rings is 1. The molecule has 0 radical (unpaired) electrons. The molecule has 1 aromatic carbocycles. The Hall–Kier alpha value is -3.00. The molecule has 134 valence electrons. The molecule has 2 aromatic heterocycles. The van der Waals surface area contributed by atoms with Crippen molar-refractivity contribution in [1.82, 2.24) is 15.0 Å². The van der Waals surface area contributed by atoms with Crippen molar-refractivity contribution in [2.45, 2.75) is 12.2 Å². The molecule has 2 N–H and O–H groups in total. The van der Waals surface area contributed by atoms with E-state index in [0.29, 0.717) is 5.82 Å². The molecule has 3 rings (SSSR count). The van der Waals surface area contributed by atoms with Crippen LogP contribution < -0.4 is 5.32 Å². The van der Waals surface area contributed by atoms with Gasteiger partial charge in [0.1, 0.15) is 5.82 Å². The summed E-state index contributed by atoms with van der Waals surface area (Å²) in [4.78, 5) is 11.9. The van der Waals surface area contributed by atoms with Crippen LogP contribution in [0.2, 0.25) is 0 Å². The van der Waals surface area contributed by atoms with Crippen molar-refractivity contribution >= 4 is 5.82 Å². The van der Waals surface area contributed by atoms with Gasteiger partial charge < -0.3 is 10.4 Å². The molecular weight excluding hydrogens is 345 g/mol. The van der Waals surface area contributed by atoms with E-state index in [-0.39, 0.29) is 18.0 Å². The fraction of sp³-hybridized carbons (Fsp3) is 0.167. The van der Waals surface area contributed by atoms with Crippen LogP contribution in [0.4, 0.5) is 19.0 Å². The second kappa shape index (κ2) is 7.49. The number of halogens is 3. The highest BCUT2D eigenvalue weighted by molar-refractivity contribution is 5.57. The van der Waals surface area contributed by atoms with E-state index >= 15 is 0 Å². The number of nitrogens with zero attached hydrogens (tertiary/aromatic N) is 3. The Kier molecular flexibility index (Phi) is 5.13. The van der Waals surface area contributed by atoms with Crippen molar-refractivity contribution in [2.24, 2.45) is 0 Å². The maximum Gasteiger partial charge on any atom is 0.417 e.